The van der Waals surface area contributed by atoms with Gasteiger partial charge in [-0.2, -0.15) is 0 Å². The molecule has 0 saturated carbocycles. The van der Waals surface area contributed by atoms with Gasteiger partial charge in [-0.25, -0.2) is 8.78 Å². The molecular weight excluding hydrogens is 478 g/mol. The van der Waals surface area contributed by atoms with Gasteiger partial charge in [-0.05, 0) is 103 Å². The van der Waals surface area contributed by atoms with E-state index in [1.807, 2.05) is 43.1 Å². The van der Waals surface area contributed by atoms with Crippen molar-refractivity contribution in [2.24, 2.45) is 0 Å². The van der Waals surface area contributed by atoms with Gasteiger partial charge >= 0.3 is 0 Å². The van der Waals surface area contributed by atoms with Gasteiger partial charge in [-0.3, -0.25) is 9.97 Å². The molecule has 0 fully saturated rings. The molecule has 1 aliphatic rings. The van der Waals surface area contributed by atoms with Crippen molar-refractivity contribution in [1.29, 1.82) is 0 Å². The van der Waals surface area contributed by atoms with Crippen LogP contribution in [0.15, 0.2) is 60.9 Å². The molecule has 6 heteroatoms. The molecule has 4 aromatic rings. The maximum atomic E-state index is 15.1. The van der Waals surface area contributed by atoms with Gasteiger partial charge in [-0.1, -0.05) is 12.0 Å². The third kappa shape index (κ3) is 5.38. The third-order valence-electron chi connectivity index (χ3n) is 7.16. The number of benzene rings is 2. The van der Waals surface area contributed by atoms with E-state index < -0.39 is 0 Å². The van der Waals surface area contributed by atoms with Crippen LogP contribution in [-0.4, -0.2) is 23.2 Å². The lowest BCUT2D eigenvalue weighted by Crippen LogP contribution is -2.35. The summed E-state index contributed by atoms with van der Waals surface area (Å²) >= 11 is 0. The van der Waals surface area contributed by atoms with Crippen molar-refractivity contribution < 1.29 is 8.78 Å². The zero-order valence-electron chi connectivity index (χ0n) is 21.9. The molecule has 0 aliphatic carbocycles. The molecule has 1 atom stereocenters. The number of anilines is 2. The van der Waals surface area contributed by atoms with Gasteiger partial charge in [0.25, 0.3) is 0 Å². The molecule has 0 spiro atoms. The number of hydrogen-bond donors (Lipinski definition) is 1. The molecule has 4 nitrogen and oxygen atoms in total. The van der Waals surface area contributed by atoms with Crippen LogP contribution in [0.25, 0.3) is 0 Å². The lowest BCUT2D eigenvalue weighted by Gasteiger charge is -2.22. The maximum Gasteiger partial charge on any atom is 0.148 e. The van der Waals surface area contributed by atoms with Crippen molar-refractivity contribution in [1.82, 2.24) is 9.97 Å². The minimum Gasteiger partial charge on any atom is -0.363 e. The number of nitrogens with one attached hydrogen (secondary N) is 1. The molecule has 1 aliphatic heterocycles. The smallest absolute Gasteiger partial charge is 0.148 e. The SMILES string of the molecule is C#Cc1ccc(CCc2cc(Cc3cnc(CC4Nc5cc(C)cc(F)c5N4C)c(F)c3)ccn2)c(C)c1. The number of hydrogen-bond acceptors (Lipinski definition) is 4. The van der Waals surface area contributed by atoms with Crippen LogP contribution in [-0.2, 0) is 25.7 Å². The Balaban J connectivity index is 1.23. The van der Waals surface area contributed by atoms with E-state index >= 15 is 4.39 Å². The monoisotopic (exact) mass is 508 g/mol. The highest BCUT2D eigenvalue weighted by atomic mass is 19.1. The zero-order valence-corrected chi connectivity index (χ0v) is 21.9. The maximum absolute atomic E-state index is 15.1. The van der Waals surface area contributed by atoms with Crippen LogP contribution in [0.4, 0.5) is 20.2 Å². The lowest BCUT2D eigenvalue weighted by molar-refractivity contribution is 0.577. The van der Waals surface area contributed by atoms with Crippen LogP contribution in [0.1, 0.15) is 44.8 Å². The summed E-state index contributed by atoms with van der Waals surface area (Å²) in [4.78, 5) is 10.8. The number of aryl methyl sites for hydroxylation is 4. The Labute approximate surface area is 222 Å². The van der Waals surface area contributed by atoms with Gasteiger partial charge in [-0.15, -0.1) is 6.42 Å². The molecule has 38 heavy (non-hydrogen) atoms. The average molecular weight is 509 g/mol. The Bertz CT molecular complexity index is 1540. The Kier molecular flexibility index (Phi) is 7.11. The van der Waals surface area contributed by atoms with Crippen LogP contribution in [0.5, 0.6) is 0 Å². The summed E-state index contributed by atoms with van der Waals surface area (Å²) in [6.07, 6.45) is 11.3. The Morgan fingerprint density at radius 3 is 2.58 bits per heavy atom. The van der Waals surface area contributed by atoms with E-state index in [1.165, 1.54) is 17.2 Å². The van der Waals surface area contributed by atoms with Gasteiger partial charge in [0.15, 0.2) is 0 Å². The summed E-state index contributed by atoms with van der Waals surface area (Å²) in [5, 5.41) is 3.30. The van der Waals surface area contributed by atoms with E-state index in [0.29, 0.717) is 24.2 Å². The number of rotatable bonds is 7. The number of halogens is 2. The number of likely N-dealkylation sites (N-methyl/N-ethyl adjacent to an activating group) is 1. The van der Waals surface area contributed by atoms with E-state index in [-0.39, 0.29) is 17.8 Å². The fraction of sp³-hybridized carbons (Fsp3) is 0.250. The first-order valence-corrected chi connectivity index (χ1v) is 12.7. The van der Waals surface area contributed by atoms with Crippen molar-refractivity contribution in [2.75, 3.05) is 17.3 Å². The fourth-order valence-corrected chi connectivity index (χ4v) is 5.10. The van der Waals surface area contributed by atoms with Crippen LogP contribution in [0.2, 0.25) is 0 Å². The van der Waals surface area contributed by atoms with Crippen LogP contribution < -0.4 is 10.2 Å². The minimum atomic E-state index is -0.356. The Morgan fingerprint density at radius 1 is 0.974 bits per heavy atom. The molecule has 0 amide bonds. The fourth-order valence-electron chi connectivity index (χ4n) is 5.10. The predicted octanol–water partition coefficient (Wildman–Crippen LogP) is 6.16. The van der Waals surface area contributed by atoms with Crippen LogP contribution in [0, 0.1) is 37.8 Å². The van der Waals surface area contributed by atoms with Gasteiger partial charge < -0.3 is 10.2 Å². The summed E-state index contributed by atoms with van der Waals surface area (Å²) in [5.41, 5.74) is 8.58. The zero-order chi connectivity index (χ0) is 26.8. The van der Waals surface area contributed by atoms with Crippen LogP contribution >= 0.6 is 0 Å². The first-order valence-electron chi connectivity index (χ1n) is 12.7. The molecule has 1 N–H and O–H groups in total. The standard InChI is InChI=1S/C32H30F2N4/c1-5-22-6-7-25(21(3)14-22)8-9-26-16-23(10-11-35-26)15-24-17-27(33)29(36-19-24)18-31-37-30-13-20(2)12-28(34)32(30)38(31)4/h1,6-7,10-14,16-17,19,31,37H,8-9,15,18H2,2-4H3. The van der Waals surface area contributed by atoms with Gasteiger partial charge in [0.2, 0.25) is 0 Å². The second-order valence-electron chi connectivity index (χ2n) is 10.0. The molecular formula is C32H30F2N4. The normalized spacial score (nSPS) is 14.2. The van der Waals surface area contributed by atoms with E-state index in [9.17, 15) is 4.39 Å². The quantitative estimate of drug-likeness (QED) is 0.304. The number of aromatic nitrogens is 2. The second-order valence-corrected chi connectivity index (χ2v) is 10.0. The molecule has 0 radical (unpaired) electrons. The topological polar surface area (TPSA) is 41.1 Å². The number of pyridine rings is 2. The van der Waals surface area contributed by atoms with Crippen LogP contribution in [0.3, 0.4) is 0 Å². The predicted molar refractivity (Wildman–Crippen MR) is 148 cm³/mol. The van der Waals surface area contributed by atoms with Crippen molar-refractivity contribution in [2.45, 2.75) is 45.7 Å². The van der Waals surface area contributed by atoms with Crippen molar-refractivity contribution in [3.05, 3.63) is 117 Å². The molecule has 0 bridgehead atoms. The molecule has 2 aromatic heterocycles. The first-order chi connectivity index (χ1) is 18.3. The third-order valence-corrected chi connectivity index (χ3v) is 7.16. The lowest BCUT2D eigenvalue weighted by atomic mass is 9.99. The average Bonchev–Trinajstić information content (AvgIpc) is 3.19. The summed E-state index contributed by atoms with van der Waals surface area (Å²) < 4.78 is 29.6. The Hall–Kier alpha value is -4.24. The van der Waals surface area contributed by atoms with Gasteiger partial charge in [0, 0.05) is 37.1 Å². The van der Waals surface area contributed by atoms with Crippen molar-refractivity contribution in [3.8, 4) is 12.3 Å². The summed E-state index contributed by atoms with van der Waals surface area (Å²) in [7, 11) is 1.81. The first kappa shape index (κ1) is 25.4. The van der Waals surface area contributed by atoms with E-state index in [1.54, 1.807) is 18.5 Å². The number of terminal acetylenes is 1. The summed E-state index contributed by atoms with van der Waals surface area (Å²) in [6.45, 7) is 3.92. The number of fused-ring (bicyclic) bond motifs is 1. The Morgan fingerprint density at radius 2 is 1.82 bits per heavy atom. The highest BCUT2D eigenvalue weighted by Gasteiger charge is 2.30. The highest BCUT2D eigenvalue weighted by Crippen LogP contribution is 2.37. The summed E-state index contributed by atoms with van der Waals surface area (Å²) in [5.74, 6) is 2.03. The van der Waals surface area contributed by atoms with Crippen molar-refractivity contribution >= 4 is 11.4 Å². The largest absolute Gasteiger partial charge is 0.363 e. The van der Waals surface area contributed by atoms with E-state index in [2.05, 4.69) is 40.3 Å². The van der Waals surface area contributed by atoms with Gasteiger partial charge in [0.05, 0.1) is 17.1 Å². The molecule has 5 rings (SSSR count). The molecule has 0 saturated heterocycles. The molecule has 1 unspecified atom stereocenters. The molecule has 192 valence electrons. The van der Waals surface area contributed by atoms with Crippen molar-refractivity contribution in [3.63, 3.8) is 0 Å². The van der Waals surface area contributed by atoms with Gasteiger partial charge in [0.1, 0.15) is 17.8 Å². The summed E-state index contributed by atoms with van der Waals surface area (Å²) in [6, 6.07) is 15.1. The second kappa shape index (κ2) is 10.6. The van der Waals surface area contributed by atoms with E-state index in [0.717, 1.165) is 46.5 Å². The minimum absolute atomic E-state index is 0.275. The molecule has 3 heterocycles. The van der Waals surface area contributed by atoms with E-state index in [4.69, 9.17) is 6.42 Å². The molecule has 2 aromatic carbocycles. The highest BCUT2D eigenvalue weighted by molar-refractivity contribution is 5.77. The number of nitrogens with zero attached hydrogens (tertiary/aromatic N) is 3.